The minimum atomic E-state index is -0.338. The third-order valence-electron chi connectivity index (χ3n) is 3.52. The van der Waals surface area contributed by atoms with Gasteiger partial charge in [0.15, 0.2) is 0 Å². The van der Waals surface area contributed by atoms with Gasteiger partial charge in [0.25, 0.3) is 5.91 Å². The highest BCUT2D eigenvalue weighted by Gasteiger charge is 2.11. The summed E-state index contributed by atoms with van der Waals surface area (Å²) in [6.07, 6.45) is 0. The van der Waals surface area contributed by atoms with Gasteiger partial charge in [-0.2, -0.15) is 5.11 Å². The first-order valence-electron chi connectivity index (χ1n) is 7.10. The molecular weight excluding hydrogens is 322 g/mol. The van der Waals surface area contributed by atoms with Crippen LogP contribution in [0.15, 0.2) is 59.0 Å². The van der Waals surface area contributed by atoms with Crippen molar-refractivity contribution >= 4 is 40.0 Å². The highest BCUT2D eigenvalue weighted by molar-refractivity contribution is 7.13. The molecule has 0 aliphatic rings. The molecule has 0 fully saturated rings. The van der Waals surface area contributed by atoms with E-state index in [1.807, 2.05) is 29.6 Å². The first kappa shape index (κ1) is 15.7. The predicted octanol–water partition coefficient (Wildman–Crippen LogP) is 4.49. The summed E-state index contributed by atoms with van der Waals surface area (Å²) in [7, 11) is 0. The summed E-state index contributed by atoms with van der Waals surface area (Å²) in [5.41, 5.74) is 21.7. The number of rotatable bonds is 4. The standard InChI is InChI=1S/C17H15N5OS/c18-12-5-3-10(16-2-1-7-24-16)8-14(12)21-17(23)11-4-6-13(19)15(9-11)22-20/h1-9,20H,18-19H2,(H,21,23). The highest BCUT2D eigenvalue weighted by atomic mass is 32.1. The van der Waals surface area contributed by atoms with Gasteiger partial charge in [-0.25, -0.2) is 5.53 Å². The lowest BCUT2D eigenvalue weighted by atomic mass is 10.1. The summed E-state index contributed by atoms with van der Waals surface area (Å²) < 4.78 is 0. The number of anilines is 3. The molecule has 6 nitrogen and oxygen atoms in total. The Morgan fingerprint density at radius 3 is 2.58 bits per heavy atom. The summed E-state index contributed by atoms with van der Waals surface area (Å²) in [5.74, 6) is -0.338. The number of nitrogens with one attached hydrogen (secondary N) is 2. The third-order valence-corrected chi connectivity index (χ3v) is 4.44. The van der Waals surface area contributed by atoms with Gasteiger partial charge in [0.2, 0.25) is 0 Å². The molecule has 0 aliphatic carbocycles. The molecule has 0 saturated heterocycles. The summed E-state index contributed by atoms with van der Waals surface area (Å²) in [6, 6.07) is 14.1. The lowest BCUT2D eigenvalue weighted by Gasteiger charge is -2.10. The summed E-state index contributed by atoms with van der Waals surface area (Å²) >= 11 is 1.61. The van der Waals surface area contributed by atoms with Gasteiger partial charge in [0.1, 0.15) is 5.69 Å². The third kappa shape index (κ3) is 3.11. The number of benzene rings is 2. The smallest absolute Gasteiger partial charge is 0.255 e. The number of amides is 1. The highest BCUT2D eigenvalue weighted by Crippen LogP contribution is 2.31. The maximum absolute atomic E-state index is 12.4. The number of carbonyl (C=O) groups is 1. The van der Waals surface area contributed by atoms with Crippen LogP contribution in [0.25, 0.3) is 10.4 Å². The van der Waals surface area contributed by atoms with Gasteiger partial charge in [0.05, 0.1) is 17.1 Å². The van der Waals surface area contributed by atoms with Crippen LogP contribution in [0.2, 0.25) is 0 Å². The van der Waals surface area contributed by atoms with Crippen LogP contribution in [0.3, 0.4) is 0 Å². The Morgan fingerprint density at radius 2 is 1.88 bits per heavy atom. The molecule has 6 N–H and O–H groups in total. The molecule has 24 heavy (non-hydrogen) atoms. The van der Waals surface area contributed by atoms with Gasteiger partial charge in [-0.1, -0.05) is 12.1 Å². The van der Waals surface area contributed by atoms with Crippen molar-refractivity contribution in [1.82, 2.24) is 0 Å². The van der Waals surface area contributed by atoms with E-state index in [1.54, 1.807) is 29.5 Å². The average molecular weight is 337 g/mol. The first-order chi connectivity index (χ1) is 11.6. The fourth-order valence-electron chi connectivity index (χ4n) is 2.24. The van der Waals surface area contributed by atoms with E-state index in [1.165, 1.54) is 6.07 Å². The largest absolute Gasteiger partial charge is 0.397 e. The zero-order valence-corrected chi connectivity index (χ0v) is 13.4. The van der Waals surface area contributed by atoms with Crippen molar-refractivity contribution in [3.8, 4) is 10.4 Å². The van der Waals surface area contributed by atoms with Crippen molar-refractivity contribution < 1.29 is 4.79 Å². The molecule has 0 radical (unpaired) electrons. The van der Waals surface area contributed by atoms with E-state index in [2.05, 4.69) is 10.4 Å². The lowest BCUT2D eigenvalue weighted by Crippen LogP contribution is -2.13. The number of thiophene rings is 1. The first-order valence-corrected chi connectivity index (χ1v) is 7.98. The number of hydrogen-bond acceptors (Lipinski definition) is 6. The quantitative estimate of drug-likeness (QED) is 0.415. The molecule has 3 aromatic rings. The van der Waals surface area contributed by atoms with Crippen LogP contribution in [0.5, 0.6) is 0 Å². The summed E-state index contributed by atoms with van der Waals surface area (Å²) in [4.78, 5) is 13.5. The Labute approximate surface area is 142 Å². The van der Waals surface area contributed by atoms with E-state index in [9.17, 15) is 4.79 Å². The normalized spacial score (nSPS) is 10.3. The zero-order valence-electron chi connectivity index (χ0n) is 12.6. The van der Waals surface area contributed by atoms with E-state index in [4.69, 9.17) is 17.0 Å². The van der Waals surface area contributed by atoms with Gasteiger partial charge in [-0.15, -0.1) is 11.3 Å². The van der Waals surface area contributed by atoms with Crippen LogP contribution < -0.4 is 16.8 Å². The Morgan fingerprint density at radius 1 is 1.08 bits per heavy atom. The summed E-state index contributed by atoms with van der Waals surface area (Å²) in [5, 5.41) is 8.09. The molecule has 7 heteroatoms. The Hall–Kier alpha value is -3.19. The van der Waals surface area contributed by atoms with Crippen LogP contribution >= 0.6 is 11.3 Å². The van der Waals surface area contributed by atoms with Gasteiger partial charge < -0.3 is 16.8 Å². The van der Waals surface area contributed by atoms with Crippen molar-refractivity contribution in [2.24, 2.45) is 5.11 Å². The van der Waals surface area contributed by atoms with E-state index in [0.717, 1.165) is 10.4 Å². The Kier molecular flexibility index (Phi) is 4.26. The summed E-state index contributed by atoms with van der Waals surface area (Å²) in [6.45, 7) is 0. The molecule has 1 amide bonds. The monoisotopic (exact) mass is 337 g/mol. The minimum Gasteiger partial charge on any atom is -0.397 e. The molecule has 2 aromatic carbocycles. The number of nitrogens with zero attached hydrogens (tertiary/aromatic N) is 1. The van der Waals surface area contributed by atoms with E-state index >= 15 is 0 Å². The molecule has 120 valence electrons. The van der Waals surface area contributed by atoms with Crippen LogP contribution in [-0.4, -0.2) is 5.91 Å². The van der Waals surface area contributed by atoms with Crippen LogP contribution in [0.1, 0.15) is 10.4 Å². The van der Waals surface area contributed by atoms with Crippen molar-refractivity contribution in [3.05, 3.63) is 59.5 Å². The maximum atomic E-state index is 12.4. The second-order valence-corrected chi connectivity index (χ2v) is 6.07. The predicted molar refractivity (Wildman–Crippen MR) is 97.8 cm³/mol. The zero-order chi connectivity index (χ0) is 17.1. The van der Waals surface area contributed by atoms with Crippen molar-refractivity contribution in [2.45, 2.75) is 0 Å². The molecule has 0 aliphatic heterocycles. The maximum Gasteiger partial charge on any atom is 0.255 e. The van der Waals surface area contributed by atoms with Gasteiger partial charge >= 0.3 is 0 Å². The van der Waals surface area contributed by atoms with Gasteiger partial charge in [-0.05, 0) is 47.3 Å². The number of nitrogen functional groups attached to an aromatic ring is 2. The van der Waals surface area contributed by atoms with E-state index in [0.29, 0.717) is 22.6 Å². The van der Waals surface area contributed by atoms with Crippen LogP contribution in [-0.2, 0) is 0 Å². The molecule has 1 aromatic heterocycles. The average Bonchev–Trinajstić information content (AvgIpc) is 3.11. The van der Waals surface area contributed by atoms with Crippen molar-refractivity contribution in [3.63, 3.8) is 0 Å². The molecule has 1 heterocycles. The van der Waals surface area contributed by atoms with Crippen molar-refractivity contribution in [2.75, 3.05) is 16.8 Å². The minimum absolute atomic E-state index is 0.253. The number of hydrogen-bond donors (Lipinski definition) is 4. The number of nitrogens with two attached hydrogens (primary N) is 2. The van der Waals surface area contributed by atoms with E-state index < -0.39 is 0 Å². The van der Waals surface area contributed by atoms with Crippen molar-refractivity contribution in [1.29, 1.82) is 5.53 Å². The Balaban J connectivity index is 1.89. The van der Waals surface area contributed by atoms with Crippen LogP contribution in [0.4, 0.5) is 22.7 Å². The number of carbonyl (C=O) groups excluding carboxylic acids is 1. The molecule has 0 atom stereocenters. The van der Waals surface area contributed by atoms with E-state index in [-0.39, 0.29) is 11.6 Å². The lowest BCUT2D eigenvalue weighted by molar-refractivity contribution is 0.102. The van der Waals surface area contributed by atoms with Crippen LogP contribution in [0, 0.1) is 5.53 Å². The molecule has 0 bridgehead atoms. The molecule has 0 unspecified atom stereocenters. The topological polar surface area (TPSA) is 117 Å². The fraction of sp³-hybridized carbons (Fsp3) is 0. The SMILES string of the molecule is N=Nc1cc(C(=O)Nc2cc(-c3cccs3)ccc2N)ccc1N. The fourth-order valence-corrected chi connectivity index (χ4v) is 2.96. The second kappa shape index (κ2) is 6.51. The molecular formula is C17H15N5OS. The van der Waals surface area contributed by atoms with Gasteiger partial charge in [-0.3, -0.25) is 4.79 Å². The molecule has 0 spiro atoms. The molecule has 3 rings (SSSR count). The Bertz CT molecular complexity index is 905. The van der Waals surface area contributed by atoms with Gasteiger partial charge in [0, 0.05) is 10.4 Å². The molecule has 0 saturated carbocycles. The second-order valence-electron chi connectivity index (χ2n) is 5.12.